The average molecular weight is 327 g/mol. The number of urea groups is 1. The van der Waals surface area contributed by atoms with Crippen molar-refractivity contribution in [3.8, 4) is 11.5 Å². The summed E-state index contributed by atoms with van der Waals surface area (Å²) in [7, 11) is 0. The van der Waals surface area contributed by atoms with Crippen LogP contribution in [0.3, 0.4) is 0 Å². The standard InChI is InChI=1S/C17H14FN3O3/c18-14-7-4-8-15(24-13-5-2-1-3-6-13)16(14)20-17(22)19-11-12-9-10-23-21-12/h1-10H,11H2,(H2,19,20,22). The first-order chi connectivity index (χ1) is 11.7. The van der Waals surface area contributed by atoms with Crippen molar-refractivity contribution in [2.24, 2.45) is 0 Å². The molecule has 0 saturated heterocycles. The van der Waals surface area contributed by atoms with Gasteiger partial charge in [0.2, 0.25) is 0 Å². The molecule has 0 fully saturated rings. The third kappa shape index (κ3) is 3.89. The van der Waals surface area contributed by atoms with Crippen molar-refractivity contribution < 1.29 is 18.4 Å². The summed E-state index contributed by atoms with van der Waals surface area (Å²) in [6.07, 6.45) is 1.40. The molecule has 2 amide bonds. The lowest BCUT2D eigenvalue weighted by Gasteiger charge is -2.13. The number of benzene rings is 2. The third-order valence-electron chi connectivity index (χ3n) is 3.11. The number of para-hydroxylation sites is 2. The number of nitrogens with zero attached hydrogens (tertiary/aromatic N) is 1. The molecular weight excluding hydrogens is 313 g/mol. The summed E-state index contributed by atoms with van der Waals surface area (Å²) in [6.45, 7) is 0.158. The zero-order chi connectivity index (χ0) is 16.8. The van der Waals surface area contributed by atoms with Crippen LogP contribution >= 0.6 is 0 Å². The van der Waals surface area contributed by atoms with Gasteiger partial charge in [-0.15, -0.1) is 0 Å². The van der Waals surface area contributed by atoms with Crippen molar-refractivity contribution in [3.63, 3.8) is 0 Å². The largest absolute Gasteiger partial charge is 0.455 e. The quantitative estimate of drug-likeness (QED) is 0.744. The Morgan fingerprint density at radius 2 is 1.96 bits per heavy atom. The molecule has 0 bridgehead atoms. The molecule has 0 atom stereocenters. The van der Waals surface area contributed by atoms with Gasteiger partial charge in [-0.1, -0.05) is 29.4 Å². The number of halogens is 1. The Bertz CT molecular complexity index is 807. The van der Waals surface area contributed by atoms with E-state index >= 15 is 0 Å². The van der Waals surface area contributed by atoms with Gasteiger partial charge in [0.1, 0.15) is 23.4 Å². The molecule has 0 spiro atoms. The van der Waals surface area contributed by atoms with Gasteiger partial charge in [-0.25, -0.2) is 9.18 Å². The average Bonchev–Trinajstić information content (AvgIpc) is 3.11. The van der Waals surface area contributed by atoms with Gasteiger partial charge >= 0.3 is 6.03 Å². The number of carbonyl (C=O) groups is 1. The zero-order valence-corrected chi connectivity index (χ0v) is 12.5. The van der Waals surface area contributed by atoms with Crippen molar-refractivity contribution in [1.82, 2.24) is 10.5 Å². The Kier molecular flexibility index (Phi) is 4.71. The zero-order valence-electron chi connectivity index (χ0n) is 12.5. The smallest absolute Gasteiger partial charge is 0.319 e. The number of hydrogen-bond donors (Lipinski definition) is 2. The predicted molar refractivity (Wildman–Crippen MR) is 85.3 cm³/mol. The summed E-state index contributed by atoms with van der Waals surface area (Å²) in [6, 6.07) is 14.3. The SMILES string of the molecule is O=C(NCc1ccon1)Nc1c(F)cccc1Oc1ccccc1. The van der Waals surface area contributed by atoms with Crippen LogP contribution in [-0.2, 0) is 6.54 Å². The minimum Gasteiger partial charge on any atom is -0.455 e. The lowest BCUT2D eigenvalue weighted by Crippen LogP contribution is -2.28. The second kappa shape index (κ2) is 7.28. The maximum absolute atomic E-state index is 14.1. The van der Waals surface area contributed by atoms with E-state index in [1.54, 1.807) is 36.4 Å². The molecule has 0 aliphatic carbocycles. The van der Waals surface area contributed by atoms with Crippen LogP contribution in [0.1, 0.15) is 5.69 Å². The number of aromatic nitrogens is 1. The fourth-order valence-corrected chi connectivity index (χ4v) is 1.98. The van der Waals surface area contributed by atoms with E-state index in [0.717, 1.165) is 0 Å². The van der Waals surface area contributed by atoms with E-state index in [4.69, 9.17) is 4.74 Å². The van der Waals surface area contributed by atoms with E-state index < -0.39 is 11.8 Å². The Balaban J connectivity index is 1.71. The van der Waals surface area contributed by atoms with Crippen molar-refractivity contribution in [2.45, 2.75) is 6.54 Å². The van der Waals surface area contributed by atoms with Crippen LogP contribution in [0.25, 0.3) is 0 Å². The predicted octanol–water partition coefficient (Wildman–Crippen LogP) is 3.93. The lowest BCUT2D eigenvalue weighted by atomic mass is 10.2. The number of carbonyl (C=O) groups excluding carboxylic acids is 1. The van der Waals surface area contributed by atoms with Crippen molar-refractivity contribution >= 4 is 11.7 Å². The normalized spacial score (nSPS) is 10.2. The summed E-state index contributed by atoms with van der Waals surface area (Å²) in [4.78, 5) is 12.0. The number of hydrogen-bond acceptors (Lipinski definition) is 4. The second-order valence-electron chi connectivity index (χ2n) is 4.83. The summed E-state index contributed by atoms with van der Waals surface area (Å²) in [5.74, 6) is 0.145. The molecule has 1 aromatic heterocycles. The Labute approximate surface area is 137 Å². The maximum Gasteiger partial charge on any atom is 0.319 e. The highest BCUT2D eigenvalue weighted by molar-refractivity contribution is 5.91. The molecular formula is C17H14FN3O3. The Morgan fingerprint density at radius 3 is 2.71 bits per heavy atom. The first kappa shape index (κ1) is 15.5. The molecule has 24 heavy (non-hydrogen) atoms. The fraction of sp³-hybridized carbons (Fsp3) is 0.0588. The van der Waals surface area contributed by atoms with Crippen LogP contribution in [0.15, 0.2) is 65.4 Å². The molecule has 7 heteroatoms. The van der Waals surface area contributed by atoms with Gasteiger partial charge < -0.3 is 19.9 Å². The lowest BCUT2D eigenvalue weighted by molar-refractivity contribution is 0.251. The van der Waals surface area contributed by atoms with E-state index in [1.165, 1.54) is 18.4 Å². The minimum absolute atomic E-state index is 0.0426. The van der Waals surface area contributed by atoms with Gasteiger partial charge in [-0.05, 0) is 24.3 Å². The van der Waals surface area contributed by atoms with Crippen molar-refractivity contribution in [2.75, 3.05) is 5.32 Å². The van der Waals surface area contributed by atoms with Crippen LogP contribution < -0.4 is 15.4 Å². The van der Waals surface area contributed by atoms with Crippen molar-refractivity contribution in [1.29, 1.82) is 0 Å². The van der Waals surface area contributed by atoms with E-state index in [9.17, 15) is 9.18 Å². The first-order valence-electron chi connectivity index (χ1n) is 7.18. The van der Waals surface area contributed by atoms with Gasteiger partial charge in [0.05, 0.1) is 6.54 Å². The van der Waals surface area contributed by atoms with Crippen LogP contribution in [0.2, 0.25) is 0 Å². The topological polar surface area (TPSA) is 76.4 Å². The number of amides is 2. The maximum atomic E-state index is 14.1. The highest BCUT2D eigenvalue weighted by Crippen LogP contribution is 2.31. The van der Waals surface area contributed by atoms with Gasteiger partial charge in [-0.2, -0.15) is 0 Å². The monoisotopic (exact) mass is 327 g/mol. The molecule has 3 rings (SSSR count). The van der Waals surface area contributed by atoms with Crippen LogP contribution in [0.5, 0.6) is 11.5 Å². The van der Waals surface area contributed by atoms with Crippen LogP contribution in [-0.4, -0.2) is 11.2 Å². The summed E-state index contributed by atoms with van der Waals surface area (Å²) < 4.78 is 24.4. The second-order valence-corrected chi connectivity index (χ2v) is 4.83. The molecule has 0 radical (unpaired) electrons. The van der Waals surface area contributed by atoms with Gasteiger partial charge in [0.15, 0.2) is 11.6 Å². The van der Waals surface area contributed by atoms with Gasteiger partial charge in [-0.3, -0.25) is 0 Å². The number of nitrogens with one attached hydrogen (secondary N) is 2. The third-order valence-corrected chi connectivity index (χ3v) is 3.11. The van der Waals surface area contributed by atoms with Crippen LogP contribution in [0.4, 0.5) is 14.9 Å². The molecule has 122 valence electrons. The highest BCUT2D eigenvalue weighted by atomic mass is 19.1. The molecule has 0 saturated carbocycles. The molecule has 2 aromatic carbocycles. The molecule has 3 aromatic rings. The summed E-state index contributed by atoms with van der Waals surface area (Å²) in [5, 5.41) is 8.68. The molecule has 0 unspecified atom stereocenters. The minimum atomic E-state index is -0.597. The van der Waals surface area contributed by atoms with Gasteiger partial charge in [0.25, 0.3) is 0 Å². The van der Waals surface area contributed by atoms with Crippen molar-refractivity contribution in [3.05, 3.63) is 72.4 Å². The first-order valence-corrected chi connectivity index (χ1v) is 7.18. The molecule has 6 nitrogen and oxygen atoms in total. The van der Waals surface area contributed by atoms with E-state index in [2.05, 4.69) is 20.3 Å². The molecule has 2 N–H and O–H groups in total. The Hall–Kier alpha value is -3.35. The number of rotatable bonds is 5. The molecule has 0 aliphatic heterocycles. The van der Waals surface area contributed by atoms with E-state index in [-0.39, 0.29) is 18.0 Å². The summed E-state index contributed by atoms with van der Waals surface area (Å²) >= 11 is 0. The van der Waals surface area contributed by atoms with E-state index in [0.29, 0.717) is 11.4 Å². The fourth-order valence-electron chi connectivity index (χ4n) is 1.98. The molecule has 0 aliphatic rings. The van der Waals surface area contributed by atoms with Gasteiger partial charge in [0, 0.05) is 6.07 Å². The van der Waals surface area contributed by atoms with E-state index in [1.807, 2.05) is 6.07 Å². The highest BCUT2D eigenvalue weighted by Gasteiger charge is 2.14. The Morgan fingerprint density at radius 1 is 1.12 bits per heavy atom. The summed E-state index contributed by atoms with van der Waals surface area (Å²) in [5.41, 5.74) is 0.512. The molecule has 1 heterocycles. The number of ether oxygens (including phenoxy) is 1. The van der Waals surface area contributed by atoms with Crippen LogP contribution in [0, 0.1) is 5.82 Å². The number of anilines is 1.